The number of nitrogens with two attached hydrogens (primary N) is 1. The summed E-state index contributed by atoms with van der Waals surface area (Å²) in [4.78, 5) is 25.5. The fraction of sp³-hybridized carbons (Fsp3) is 0.333. The third-order valence-electron chi connectivity index (χ3n) is 3.91. The van der Waals surface area contributed by atoms with E-state index in [1.54, 1.807) is 19.1 Å². The van der Waals surface area contributed by atoms with Gasteiger partial charge in [0.1, 0.15) is 5.82 Å². The number of hydrogen-bond acceptors (Lipinski definition) is 7. The van der Waals surface area contributed by atoms with E-state index in [0.717, 1.165) is 0 Å². The van der Waals surface area contributed by atoms with Crippen molar-refractivity contribution in [3.63, 3.8) is 0 Å². The Balaban J connectivity index is 2.27. The highest BCUT2D eigenvalue weighted by atomic mass is 19.1. The van der Waals surface area contributed by atoms with Crippen LogP contribution in [-0.4, -0.2) is 36.0 Å². The Hall–Kier alpha value is -3.23. The molecule has 8 nitrogen and oxygen atoms in total. The van der Waals surface area contributed by atoms with Crippen LogP contribution in [0.3, 0.4) is 0 Å². The number of aryl methyl sites for hydroxylation is 1. The lowest BCUT2D eigenvalue weighted by molar-refractivity contribution is -0.149. The highest BCUT2D eigenvalue weighted by Crippen LogP contribution is 2.30. The van der Waals surface area contributed by atoms with Crippen LogP contribution in [0.1, 0.15) is 30.8 Å². The van der Waals surface area contributed by atoms with E-state index in [0.29, 0.717) is 5.56 Å². The van der Waals surface area contributed by atoms with E-state index in [1.807, 2.05) is 0 Å². The molecule has 1 aromatic heterocycles. The van der Waals surface area contributed by atoms with Crippen LogP contribution in [0.5, 0.6) is 11.8 Å². The molecule has 0 saturated heterocycles. The molecule has 1 heterocycles. The van der Waals surface area contributed by atoms with Gasteiger partial charge < -0.3 is 20.0 Å². The molecule has 2 N–H and O–H groups in total. The van der Waals surface area contributed by atoms with Crippen molar-refractivity contribution < 1.29 is 23.5 Å². The largest absolute Gasteiger partial charge is 0.481 e. The van der Waals surface area contributed by atoms with Gasteiger partial charge in [-0.15, -0.1) is 0 Å². The van der Waals surface area contributed by atoms with Gasteiger partial charge in [-0.3, -0.25) is 0 Å². The minimum atomic E-state index is -1.29. The monoisotopic (exact) mass is 376 g/mol. The Bertz CT molecular complexity index is 841. The summed E-state index contributed by atoms with van der Waals surface area (Å²) < 4.78 is 24.3. The molecule has 0 aliphatic carbocycles. The fourth-order valence-electron chi connectivity index (χ4n) is 2.50. The number of hydrogen-bond donors (Lipinski definition) is 1. The zero-order chi connectivity index (χ0) is 20.2. The van der Waals surface area contributed by atoms with Gasteiger partial charge in [0.15, 0.2) is 0 Å². The van der Waals surface area contributed by atoms with Crippen LogP contribution in [0, 0.1) is 12.7 Å². The number of carbonyl (C=O) groups is 1. The molecule has 0 spiro atoms. The first-order valence-corrected chi connectivity index (χ1v) is 7.98. The third kappa shape index (κ3) is 4.30. The highest BCUT2D eigenvalue weighted by molar-refractivity contribution is 5.94. The van der Waals surface area contributed by atoms with Crippen LogP contribution in [0.4, 0.5) is 4.39 Å². The van der Waals surface area contributed by atoms with Gasteiger partial charge in [-0.1, -0.05) is 17.3 Å². The summed E-state index contributed by atoms with van der Waals surface area (Å²) in [7, 11) is 2.83. The first-order chi connectivity index (χ1) is 12.7. The number of amidine groups is 1. The van der Waals surface area contributed by atoms with Crippen molar-refractivity contribution in [1.82, 2.24) is 9.97 Å². The lowest BCUT2D eigenvalue weighted by Gasteiger charge is -2.23. The van der Waals surface area contributed by atoms with Crippen molar-refractivity contribution in [1.29, 1.82) is 0 Å². The molecule has 2 rings (SSSR count). The summed E-state index contributed by atoms with van der Waals surface area (Å²) in [5.41, 5.74) is 5.35. The first kappa shape index (κ1) is 20.1. The van der Waals surface area contributed by atoms with Crippen molar-refractivity contribution in [3.05, 3.63) is 47.0 Å². The fourth-order valence-corrected chi connectivity index (χ4v) is 2.50. The van der Waals surface area contributed by atoms with Crippen LogP contribution >= 0.6 is 0 Å². The molecule has 0 saturated carbocycles. The van der Waals surface area contributed by atoms with E-state index < -0.39 is 17.2 Å². The minimum absolute atomic E-state index is 0.0427. The van der Waals surface area contributed by atoms with Crippen molar-refractivity contribution in [2.45, 2.75) is 26.2 Å². The molecule has 0 radical (unpaired) electrons. The summed E-state index contributed by atoms with van der Waals surface area (Å²) in [6, 6.07) is 6.01. The lowest BCUT2D eigenvalue weighted by Crippen LogP contribution is -2.32. The number of rotatable bonds is 6. The predicted octanol–water partition coefficient (Wildman–Crippen LogP) is 2.08. The van der Waals surface area contributed by atoms with Crippen LogP contribution in [0.2, 0.25) is 0 Å². The van der Waals surface area contributed by atoms with Gasteiger partial charge in [0, 0.05) is 5.56 Å². The number of benzene rings is 1. The zero-order valence-corrected chi connectivity index (χ0v) is 15.7. The molecular formula is C18H21FN4O4. The van der Waals surface area contributed by atoms with E-state index >= 15 is 0 Å². The molecular weight excluding hydrogens is 355 g/mol. The Kier molecular flexibility index (Phi) is 5.94. The minimum Gasteiger partial charge on any atom is -0.481 e. The van der Waals surface area contributed by atoms with E-state index in [-0.39, 0.29) is 29.0 Å². The molecule has 144 valence electrons. The van der Waals surface area contributed by atoms with Gasteiger partial charge in [-0.25, -0.2) is 9.18 Å². The Morgan fingerprint density at radius 1 is 1.19 bits per heavy atom. The number of nitrogens with zero attached hydrogens (tertiary/aromatic N) is 3. The number of ether oxygens (including phenoxy) is 2. The van der Waals surface area contributed by atoms with Gasteiger partial charge in [-0.05, 0) is 32.4 Å². The van der Waals surface area contributed by atoms with Gasteiger partial charge in [-0.2, -0.15) is 9.97 Å². The van der Waals surface area contributed by atoms with E-state index in [4.69, 9.17) is 20.0 Å². The molecule has 2 aromatic rings. The number of methoxy groups -OCH3 is 2. The average Bonchev–Trinajstić information content (AvgIpc) is 2.64. The molecule has 9 heteroatoms. The van der Waals surface area contributed by atoms with Crippen LogP contribution in [0.15, 0.2) is 29.4 Å². The first-order valence-electron chi connectivity index (χ1n) is 7.98. The second kappa shape index (κ2) is 7.98. The second-order valence-corrected chi connectivity index (χ2v) is 6.19. The van der Waals surface area contributed by atoms with Crippen LogP contribution in [0.25, 0.3) is 0 Å². The van der Waals surface area contributed by atoms with E-state index in [2.05, 4.69) is 15.1 Å². The molecule has 0 atom stereocenters. The molecule has 0 amide bonds. The second-order valence-electron chi connectivity index (χ2n) is 6.19. The summed E-state index contributed by atoms with van der Waals surface area (Å²) in [5.74, 6) is -1.20. The number of carbonyl (C=O) groups excluding carboxylic acids is 1. The maximum absolute atomic E-state index is 14.2. The van der Waals surface area contributed by atoms with Crippen LogP contribution in [-0.2, 0) is 15.0 Å². The Labute approximate surface area is 156 Å². The smallest absolute Gasteiger partial charge is 0.345 e. The quantitative estimate of drug-likeness (QED) is 0.356. The molecule has 0 fully saturated rings. The summed E-state index contributed by atoms with van der Waals surface area (Å²) in [5, 5.41) is 3.58. The summed E-state index contributed by atoms with van der Waals surface area (Å²) >= 11 is 0. The van der Waals surface area contributed by atoms with Crippen molar-refractivity contribution >= 4 is 11.8 Å². The maximum atomic E-state index is 14.2. The van der Waals surface area contributed by atoms with Crippen molar-refractivity contribution in [2.75, 3.05) is 14.2 Å². The summed E-state index contributed by atoms with van der Waals surface area (Å²) in [6.07, 6.45) is 0. The molecule has 0 aliphatic rings. The zero-order valence-electron chi connectivity index (χ0n) is 15.7. The molecule has 0 bridgehead atoms. The van der Waals surface area contributed by atoms with Crippen LogP contribution < -0.4 is 15.2 Å². The van der Waals surface area contributed by atoms with E-state index in [1.165, 1.54) is 40.2 Å². The topological polar surface area (TPSA) is 109 Å². The van der Waals surface area contributed by atoms with Crippen molar-refractivity contribution in [3.8, 4) is 11.8 Å². The normalized spacial score (nSPS) is 11.9. The average molecular weight is 376 g/mol. The number of oxime groups is 1. The molecule has 1 aromatic carbocycles. The van der Waals surface area contributed by atoms with Gasteiger partial charge in [0.2, 0.25) is 23.4 Å². The van der Waals surface area contributed by atoms with Gasteiger partial charge in [0.25, 0.3) is 0 Å². The molecule has 27 heavy (non-hydrogen) atoms. The lowest BCUT2D eigenvalue weighted by atomic mass is 9.82. The molecule has 0 aliphatic heterocycles. The summed E-state index contributed by atoms with van der Waals surface area (Å²) in [6.45, 7) is 4.79. The maximum Gasteiger partial charge on any atom is 0.345 e. The Morgan fingerprint density at radius 2 is 1.78 bits per heavy atom. The highest BCUT2D eigenvalue weighted by Gasteiger charge is 2.36. The van der Waals surface area contributed by atoms with Gasteiger partial charge in [0.05, 0.1) is 25.7 Å². The number of aromatic nitrogens is 2. The third-order valence-corrected chi connectivity index (χ3v) is 3.91. The van der Waals surface area contributed by atoms with E-state index in [9.17, 15) is 9.18 Å². The number of halogens is 1. The van der Waals surface area contributed by atoms with Crippen molar-refractivity contribution in [2.24, 2.45) is 10.9 Å². The molecule has 0 unspecified atom stereocenters. The Morgan fingerprint density at radius 3 is 2.30 bits per heavy atom. The SMILES string of the molecule is COc1cc(OC)nc(C(N)=NOC(=O)C(C)(C)c2c(C)cccc2F)n1. The standard InChI is InChI=1S/C18H21FN4O4/c1-10-7-6-8-11(19)14(10)18(2,3)17(24)27-23-15(20)16-21-12(25-4)9-13(22-16)26-5/h6-9H,1-5H3,(H2,20,23). The predicted molar refractivity (Wildman–Crippen MR) is 96.1 cm³/mol. The van der Waals surface area contributed by atoms with Gasteiger partial charge >= 0.3 is 5.97 Å².